The number of hydrogen-bond donors (Lipinski definition) is 0. The Labute approximate surface area is 97.6 Å². The number of hydrogen-bond acceptors (Lipinski definition) is 2. The van der Waals surface area contributed by atoms with Gasteiger partial charge < -0.3 is 0 Å². The SMILES string of the molecule is Cc1ccc(C(=O)c2sccc2C)cc1F. The van der Waals surface area contributed by atoms with Crippen molar-refractivity contribution in [2.75, 3.05) is 0 Å². The maximum absolute atomic E-state index is 13.3. The van der Waals surface area contributed by atoms with Crippen LogP contribution in [0.1, 0.15) is 26.4 Å². The van der Waals surface area contributed by atoms with E-state index in [1.807, 2.05) is 18.4 Å². The minimum absolute atomic E-state index is 0.105. The van der Waals surface area contributed by atoms with Crippen LogP contribution < -0.4 is 0 Å². The molecule has 0 unspecified atom stereocenters. The summed E-state index contributed by atoms with van der Waals surface area (Å²) in [5.74, 6) is -0.438. The Hall–Kier alpha value is -1.48. The van der Waals surface area contributed by atoms with Crippen molar-refractivity contribution in [1.82, 2.24) is 0 Å². The van der Waals surface area contributed by atoms with E-state index in [1.165, 1.54) is 17.4 Å². The summed E-state index contributed by atoms with van der Waals surface area (Å²) >= 11 is 1.39. The van der Waals surface area contributed by atoms with Crippen LogP contribution in [0.15, 0.2) is 29.6 Å². The molecule has 0 saturated heterocycles. The fourth-order valence-electron chi connectivity index (χ4n) is 1.47. The Morgan fingerprint density at radius 3 is 2.50 bits per heavy atom. The maximum Gasteiger partial charge on any atom is 0.203 e. The van der Waals surface area contributed by atoms with E-state index in [2.05, 4.69) is 0 Å². The molecule has 0 spiro atoms. The average Bonchev–Trinajstić information content (AvgIpc) is 2.67. The third-order valence-corrected chi connectivity index (χ3v) is 3.52. The van der Waals surface area contributed by atoms with E-state index >= 15 is 0 Å². The van der Waals surface area contributed by atoms with Gasteiger partial charge in [-0.25, -0.2) is 4.39 Å². The average molecular weight is 234 g/mol. The molecule has 16 heavy (non-hydrogen) atoms. The summed E-state index contributed by atoms with van der Waals surface area (Å²) in [7, 11) is 0. The van der Waals surface area contributed by atoms with Gasteiger partial charge in [0.2, 0.25) is 5.78 Å². The Balaban J connectivity index is 2.42. The van der Waals surface area contributed by atoms with Crippen LogP contribution in [0, 0.1) is 19.7 Å². The quantitative estimate of drug-likeness (QED) is 0.723. The summed E-state index contributed by atoms with van der Waals surface area (Å²) in [5, 5.41) is 1.87. The number of rotatable bonds is 2. The molecule has 0 aliphatic carbocycles. The Morgan fingerprint density at radius 1 is 1.19 bits per heavy atom. The Morgan fingerprint density at radius 2 is 1.94 bits per heavy atom. The van der Waals surface area contributed by atoms with Gasteiger partial charge in [-0.2, -0.15) is 0 Å². The molecule has 0 N–H and O–H groups in total. The van der Waals surface area contributed by atoms with Crippen molar-refractivity contribution in [2.24, 2.45) is 0 Å². The molecule has 1 aromatic carbocycles. The van der Waals surface area contributed by atoms with Gasteiger partial charge in [-0.15, -0.1) is 11.3 Å². The molecule has 0 fully saturated rings. The molecule has 0 aliphatic heterocycles. The summed E-state index contributed by atoms with van der Waals surface area (Å²) in [6.07, 6.45) is 0. The molecule has 3 heteroatoms. The number of benzene rings is 1. The molecule has 0 bridgehead atoms. The molecule has 0 atom stereocenters. The molecular formula is C13H11FOS. The molecule has 0 radical (unpaired) electrons. The van der Waals surface area contributed by atoms with E-state index in [4.69, 9.17) is 0 Å². The van der Waals surface area contributed by atoms with Gasteiger partial charge in [0.25, 0.3) is 0 Å². The highest BCUT2D eigenvalue weighted by Crippen LogP contribution is 2.21. The van der Waals surface area contributed by atoms with Gasteiger partial charge in [-0.1, -0.05) is 12.1 Å². The number of thiophene rings is 1. The lowest BCUT2D eigenvalue weighted by molar-refractivity contribution is 0.104. The molecule has 1 heterocycles. The number of halogens is 1. The summed E-state index contributed by atoms with van der Waals surface area (Å²) in [6.45, 7) is 3.56. The van der Waals surface area contributed by atoms with E-state index < -0.39 is 0 Å². The predicted octanol–water partition coefficient (Wildman–Crippen LogP) is 3.74. The number of ketones is 1. The molecule has 2 aromatic rings. The van der Waals surface area contributed by atoms with Crippen LogP contribution in [0.5, 0.6) is 0 Å². The van der Waals surface area contributed by atoms with Crippen LogP contribution in [0.3, 0.4) is 0 Å². The predicted molar refractivity (Wildman–Crippen MR) is 63.6 cm³/mol. The lowest BCUT2D eigenvalue weighted by Crippen LogP contribution is -2.01. The molecular weight excluding hydrogens is 223 g/mol. The number of aryl methyl sites for hydroxylation is 2. The van der Waals surface area contributed by atoms with Crippen LogP contribution in [0.25, 0.3) is 0 Å². The lowest BCUT2D eigenvalue weighted by atomic mass is 10.1. The highest BCUT2D eigenvalue weighted by molar-refractivity contribution is 7.12. The van der Waals surface area contributed by atoms with Crippen LogP contribution >= 0.6 is 11.3 Å². The minimum Gasteiger partial charge on any atom is -0.288 e. The number of carbonyl (C=O) groups excluding carboxylic acids is 1. The molecule has 1 nitrogen and oxygen atoms in total. The topological polar surface area (TPSA) is 17.1 Å². The van der Waals surface area contributed by atoms with Gasteiger partial charge in [0.05, 0.1) is 4.88 Å². The largest absolute Gasteiger partial charge is 0.288 e. The van der Waals surface area contributed by atoms with Crippen molar-refractivity contribution in [3.63, 3.8) is 0 Å². The van der Waals surface area contributed by atoms with Gasteiger partial charge in [0, 0.05) is 5.56 Å². The van der Waals surface area contributed by atoms with E-state index in [0.717, 1.165) is 5.56 Å². The third-order valence-electron chi connectivity index (χ3n) is 2.50. The second-order valence-corrected chi connectivity index (χ2v) is 4.64. The first-order chi connectivity index (χ1) is 7.59. The first-order valence-electron chi connectivity index (χ1n) is 4.94. The summed E-state index contributed by atoms with van der Waals surface area (Å²) in [4.78, 5) is 12.7. The van der Waals surface area contributed by atoms with Gasteiger partial charge in [-0.05, 0) is 42.5 Å². The number of carbonyl (C=O) groups is 1. The zero-order valence-electron chi connectivity index (χ0n) is 9.08. The summed E-state index contributed by atoms with van der Waals surface area (Å²) in [6, 6.07) is 6.49. The normalized spacial score (nSPS) is 10.4. The molecule has 2 rings (SSSR count). The summed E-state index contributed by atoms with van der Waals surface area (Å²) < 4.78 is 13.3. The van der Waals surface area contributed by atoms with Gasteiger partial charge in [0.1, 0.15) is 5.82 Å². The molecule has 0 aliphatic rings. The van der Waals surface area contributed by atoms with Crippen molar-refractivity contribution < 1.29 is 9.18 Å². The fourth-order valence-corrected chi connectivity index (χ4v) is 2.36. The maximum atomic E-state index is 13.3. The molecule has 1 aromatic heterocycles. The van der Waals surface area contributed by atoms with Gasteiger partial charge in [0.15, 0.2) is 0 Å². The standard InChI is InChI=1S/C13H11FOS/c1-8-3-4-10(7-11(8)14)12(15)13-9(2)5-6-16-13/h3-7H,1-2H3. The molecule has 0 saturated carbocycles. The first-order valence-corrected chi connectivity index (χ1v) is 5.82. The molecule has 82 valence electrons. The van der Waals surface area contributed by atoms with E-state index in [-0.39, 0.29) is 11.6 Å². The van der Waals surface area contributed by atoms with Crippen LogP contribution in [-0.2, 0) is 0 Å². The minimum atomic E-state index is -0.333. The van der Waals surface area contributed by atoms with Gasteiger partial charge >= 0.3 is 0 Å². The second kappa shape index (κ2) is 4.18. The zero-order chi connectivity index (χ0) is 11.7. The summed E-state index contributed by atoms with van der Waals surface area (Å²) in [5.41, 5.74) is 1.91. The van der Waals surface area contributed by atoms with Crippen molar-refractivity contribution in [1.29, 1.82) is 0 Å². The second-order valence-electron chi connectivity index (χ2n) is 3.73. The van der Waals surface area contributed by atoms with Crippen LogP contribution in [0.4, 0.5) is 4.39 Å². The highest BCUT2D eigenvalue weighted by Gasteiger charge is 2.14. The van der Waals surface area contributed by atoms with E-state index in [0.29, 0.717) is 16.0 Å². The fraction of sp³-hybridized carbons (Fsp3) is 0.154. The van der Waals surface area contributed by atoms with Crippen molar-refractivity contribution in [3.8, 4) is 0 Å². The van der Waals surface area contributed by atoms with Gasteiger partial charge in [-0.3, -0.25) is 4.79 Å². The van der Waals surface area contributed by atoms with Crippen molar-refractivity contribution in [3.05, 3.63) is 57.0 Å². The Kier molecular flexibility index (Phi) is 2.88. The Bertz CT molecular complexity index is 543. The molecule has 0 amide bonds. The zero-order valence-corrected chi connectivity index (χ0v) is 9.90. The monoisotopic (exact) mass is 234 g/mol. The van der Waals surface area contributed by atoms with Crippen molar-refractivity contribution in [2.45, 2.75) is 13.8 Å². The third kappa shape index (κ3) is 1.91. The first kappa shape index (κ1) is 11.0. The van der Waals surface area contributed by atoms with Crippen LogP contribution in [0.2, 0.25) is 0 Å². The lowest BCUT2D eigenvalue weighted by Gasteiger charge is -2.02. The highest BCUT2D eigenvalue weighted by atomic mass is 32.1. The van der Waals surface area contributed by atoms with Crippen LogP contribution in [-0.4, -0.2) is 5.78 Å². The van der Waals surface area contributed by atoms with Crippen molar-refractivity contribution >= 4 is 17.1 Å². The van der Waals surface area contributed by atoms with E-state index in [1.54, 1.807) is 19.1 Å². The smallest absolute Gasteiger partial charge is 0.203 e. The van der Waals surface area contributed by atoms with E-state index in [9.17, 15) is 9.18 Å².